The molecule has 22 heavy (non-hydrogen) atoms. The smallest absolute Gasteiger partial charge is 0.104 e. The molecule has 3 heteroatoms. The van der Waals surface area contributed by atoms with Crippen molar-refractivity contribution in [2.45, 2.75) is 45.1 Å². The molecule has 0 heterocycles. The number of nitriles is 2. The number of hydrogen-bond donors (Lipinski definition) is 1. The summed E-state index contributed by atoms with van der Waals surface area (Å²) in [7, 11) is 0. The van der Waals surface area contributed by atoms with E-state index in [9.17, 15) is 10.4 Å². The van der Waals surface area contributed by atoms with Crippen molar-refractivity contribution in [1.29, 1.82) is 10.5 Å². The van der Waals surface area contributed by atoms with Crippen molar-refractivity contribution < 1.29 is 5.11 Å². The van der Waals surface area contributed by atoms with Crippen LogP contribution in [0.25, 0.3) is 6.08 Å². The van der Waals surface area contributed by atoms with Gasteiger partial charge in [-0.1, -0.05) is 51.0 Å². The second-order valence-electron chi connectivity index (χ2n) is 6.10. The van der Waals surface area contributed by atoms with Gasteiger partial charge in [0.1, 0.15) is 5.60 Å². The van der Waals surface area contributed by atoms with Crippen molar-refractivity contribution in [2.24, 2.45) is 11.3 Å². The summed E-state index contributed by atoms with van der Waals surface area (Å²) in [4.78, 5) is 0. The molecule has 1 N–H and O–H groups in total. The first-order valence-electron chi connectivity index (χ1n) is 7.88. The fourth-order valence-corrected chi connectivity index (χ4v) is 3.26. The summed E-state index contributed by atoms with van der Waals surface area (Å²) in [6.45, 7) is 4.10. The standard InChI is InChI=1S/C19H22N2O/c1-3-17(4-2)19(22,18(14-21)10-11-18)9-8-15-6-5-7-16(12-15)13-20/h5-9,12,17,22H,3-4,10-11H2,1-2H3/b9-8+/t19-/m0/s1. The normalized spacial score (nSPS) is 18.6. The molecule has 1 saturated carbocycles. The van der Waals surface area contributed by atoms with Gasteiger partial charge in [0.2, 0.25) is 0 Å². The lowest BCUT2D eigenvalue weighted by atomic mass is 9.72. The van der Waals surface area contributed by atoms with Gasteiger partial charge < -0.3 is 5.11 Å². The number of aliphatic hydroxyl groups is 1. The van der Waals surface area contributed by atoms with E-state index >= 15 is 0 Å². The van der Waals surface area contributed by atoms with Gasteiger partial charge in [-0.2, -0.15) is 10.5 Å². The van der Waals surface area contributed by atoms with Gasteiger partial charge in [0.15, 0.2) is 0 Å². The summed E-state index contributed by atoms with van der Waals surface area (Å²) in [5.41, 5.74) is -0.284. The maximum absolute atomic E-state index is 11.3. The number of nitrogens with zero attached hydrogens (tertiary/aromatic N) is 2. The van der Waals surface area contributed by atoms with E-state index in [1.807, 2.05) is 18.2 Å². The van der Waals surface area contributed by atoms with Crippen LogP contribution in [0, 0.1) is 34.0 Å². The van der Waals surface area contributed by atoms with Crippen molar-refractivity contribution >= 4 is 6.08 Å². The predicted molar refractivity (Wildman–Crippen MR) is 86.5 cm³/mol. The monoisotopic (exact) mass is 294 g/mol. The SMILES string of the molecule is CCC(CC)[C@@](O)(/C=C/c1cccc(C#N)c1)C1(C#N)CC1. The first-order chi connectivity index (χ1) is 10.5. The molecule has 0 aromatic heterocycles. The summed E-state index contributed by atoms with van der Waals surface area (Å²) in [5, 5.41) is 29.8. The topological polar surface area (TPSA) is 67.8 Å². The molecule has 0 spiro atoms. The Labute approximate surface area is 132 Å². The Balaban J connectivity index is 2.37. The van der Waals surface area contributed by atoms with Crippen LogP contribution >= 0.6 is 0 Å². The lowest BCUT2D eigenvalue weighted by Crippen LogP contribution is -2.44. The van der Waals surface area contributed by atoms with Crippen molar-refractivity contribution in [1.82, 2.24) is 0 Å². The zero-order chi connectivity index (χ0) is 16.2. The summed E-state index contributed by atoms with van der Waals surface area (Å²) >= 11 is 0. The van der Waals surface area contributed by atoms with Crippen molar-refractivity contribution in [3.8, 4) is 12.1 Å². The lowest BCUT2D eigenvalue weighted by molar-refractivity contribution is -0.0209. The average molecular weight is 294 g/mol. The van der Waals surface area contributed by atoms with E-state index in [0.717, 1.165) is 31.2 Å². The summed E-state index contributed by atoms with van der Waals surface area (Å²) in [5.74, 6) is 0.0602. The molecule has 0 radical (unpaired) electrons. The zero-order valence-corrected chi connectivity index (χ0v) is 13.2. The highest BCUT2D eigenvalue weighted by Gasteiger charge is 2.60. The third kappa shape index (κ3) is 2.78. The van der Waals surface area contributed by atoms with E-state index in [1.54, 1.807) is 18.2 Å². The first-order valence-corrected chi connectivity index (χ1v) is 7.88. The Morgan fingerprint density at radius 2 is 2.00 bits per heavy atom. The van der Waals surface area contributed by atoms with Crippen LogP contribution in [0.5, 0.6) is 0 Å². The van der Waals surface area contributed by atoms with Crippen LogP contribution in [0.1, 0.15) is 50.7 Å². The molecule has 0 amide bonds. The zero-order valence-electron chi connectivity index (χ0n) is 13.2. The molecule has 0 saturated heterocycles. The maximum atomic E-state index is 11.3. The quantitative estimate of drug-likeness (QED) is 0.860. The second kappa shape index (κ2) is 6.34. The molecular formula is C19H22N2O. The minimum Gasteiger partial charge on any atom is -0.384 e. The number of benzene rings is 1. The van der Waals surface area contributed by atoms with E-state index in [-0.39, 0.29) is 5.92 Å². The van der Waals surface area contributed by atoms with E-state index in [4.69, 9.17) is 5.26 Å². The minimum atomic E-state index is -1.10. The molecule has 1 fully saturated rings. The van der Waals surface area contributed by atoms with Crippen LogP contribution in [0.4, 0.5) is 0 Å². The highest BCUT2D eigenvalue weighted by molar-refractivity contribution is 5.54. The van der Waals surface area contributed by atoms with Crippen LogP contribution < -0.4 is 0 Å². The summed E-state index contributed by atoms with van der Waals surface area (Å²) < 4.78 is 0. The molecule has 114 valence electrons. The molecule has 0 aliphatic heterocycles. The van der Waals surface area contributed by atoms with E-state index in [1.165, 1.54) is 0 Å². The van der Waals surface area contributed by atoms with Crippen molar-refractivity contribution in [2.75, 3.05) is 0 Å². The molecule has 0 unspecified atom stereocenters. The van der Waals surface area contributed by atoms with Crippen molar-refractivity contribution in [3.05, 3.63) is 41.5 Å². The van der Waals surface area contributed by atoms with Gasteiger partial charge in [0.05, 0.1) is 23.1 Å². The van der Waals surface area contributed by atoms with E-state index < -0.39 is 11.0 Å². The van der Waals surface area contributed by atoms with Crippen LogP contribution in [0.3, 0.4) is 0 Å². The van der Waals surface area contributed by atoms with Gasteiger partial charge in [-0.3, -0.25) is 0 Å². The third-order valence-electron chi connectivity index (χ3n) is 4.88. The minimum absolute atomic E-state index is 0.0602. The van der Waals surface area contributed by atoms with Gasteiger partial charge in [0, 0.05) is 0 Å². The Morgan fingerprint density at radius 1 is 1.32 bits per heavy atom. The molecule has 1 atom stereocenters. The van der Waals surface area contributed by atoms with Gasteiger partial charge in [-0.05, 0) is 36.5 Å². The molecule has 1 aliphatic carbocycles. The fourth-order valence-electron chi connectivity index (χ4n) is 3.26. The van der Waals surface area contributed by atoms with Crippen LogP contribution in [-0.4, -0.2) is 10.7 Å². The molecule has 2 rings (SSSR count). The largest absolute Gasteiger partial charge is 0.384 e. The first kappa shape index (κ1) is 16.3. The Kier molecular flexibility index (Phi) is 4.69. The fraction of sp³-hybridized carbons (Fsp3) is 0.474. The molecular weight excluding hydrogens is 272 g/mol. The Hall–Kier alpha value is -2.10. The molecule has 1 aromatic rings. The predicted octanol–water partition coefficient (Wildman–Crippen LogP) is 4.04. The van der Waals surface area contributed by atoms with Crippen LogP contribution in [-0.2, 0) is 0 Å². The van der Waals surface area contributed by atoms with Gasteiger partial charge >= 0.3 is 0 Å². The number of hydrogen-bond acceptors (Lipinski definition) is 3. The Bertz CT molecular complexity index is 642. The van der Waals surface area contributed by atoms with Gasteiger partial charge in [-0.15, -0.1) is 0 Å². The Morgan fingerprint density at radius 3 is 2.50 bits per heavy atom. The van der Waals surface area contributed by atoms with Gasteiger partial charge in [0.25, 0.3) is 0 Å². The molecule has 3 nitrogen and oxygen atoms in total. The third-order valence-corrected chi connectivity index (χ3v) is 4.88. The van der Waals surface area contributed by atoms with E-state index in [2.05, 4.69) is 26.0 Å². The lowest BCUT2D eigenvalue weighted by Gasteiger charge is -2.37. The van der Waals surface area contributed by atoms with Crippen molar-refractivity contribution in [3.63, 3.8) is 0 Å². The maximum Gasteiger partial charge on any atom is 0.104 e. The molecule has 1 aliphatic rings. The van der Waals surface area contributed by atoms with E-state index in [0.29, 0.717) is 5.56 Å². The van der Waals surface area contributed by atoms with Crippen LogP contribution in [0.15, 0.2) is 30.3 Å². The number of rotatable bonds is 6. The van der Waals surface area contributed by atoms with Gasteiger partial charge in [-0.25, -0.2) is 0 Å². The molecule has 0 bridgehead atoms. The molecule has 1 aromatic carbocycles. The average Bonchev–Trinajstić information content (AvgIpc) is 3.36. The highest BCUT2D eigenvalue weighted by Crippen LogP contribution is 2.58. The second-order valence-corrected chi connectivity index (χ2v) is 6.10. The summed E-state index contributed by atoms with van der Waals surface area (Å²) in [6.07, 6.45) is 6.80. The summed E-state index contributed by atoms with van der Waals surface area (Å²) in [6, 6.07) is 11.7. The highest BCUT2D eigenvalue weighted by atomic mass is 16.3. The van der Waals surface area contributed by atoms with Crippen LogP contribution in [0.2, 0.25) is 0 Å².